The van der Waals surface area contributed by atoms with Gasteiger partial charge in [0.2, 0.25) is 5.91 Å². The molecule has 10 nitrogen and oxygen atoms in total. The molecule has 3 aromatic carbocycles. The molecule has 2 unspecified atom stereocenters. The Balaban J connectivity index is 1.19. The molecule has 2 atom stereocenters. The molecule has 2 saturated heterocycles. The third kappa shape index (κ3) is 8.09. The minimum atomic E-state index is -4.26. The van der Waals surface area contributed by atoms with Gasteiger partial charge in [0, 0.05) is 42.8 Å². The minimum Gasteiger partial charge on any atom is -0.363 e. The molecule has 0 bridgehead atoms. The predicted octanol–water partition coefficient (Wildman–Crippen LogP) is 4.44. The Labute approximate surface area is 274 Å². The van der Waals surface area contributed by atoms with Crippen LogP contribution < -0.4 is 19.9 Å². The highest BCUT2D eigenvalue weighted by molar-refractivity contribution is 7.92. The molecular formula is C32H37Cl2N5O5S. The molecule has 0 spiro atoms. The van der Waals surface area contributed by atoms with Crippen molar-refractivity contribution < 1.29 is 22.8 Å². The maximum Gasteiger partial charge on any atom is 0.295 e. The van der Waals surface area contributed by atoms with Gasteiger partial charge < -0.3 is 20.4 Å². The quantitative estimate of drug-likeness (QED) is 0.306. The summed E-state index contributed by atoms with van der Waals surface area (Å²) in [6.07, 6.45) is 2.43. The van der Waals surface area contributed by atoms with E-state index in [1.165, 1.54) is 55.3 Å². The average Bonchev–Trinajstić information content (AvgIpc) is 3.07. The summed E-state index contributed by atoms with van der Waals surface area (Å²) < 4.78 is 28.2. The summed E-state index contributed by atoms with van der Waals surface area (Å²) in [6.45, 7) is 7.11. The molecule has 0 aliphatic carbocycles. The second kappa shape index (κ2) is 14.8. The highest BCUT2D eigenvalue weighted by Crippen LogP contribution is 2.32. The fraction of sp³-hybridized carbons (Fsp3) is 0.375. The maximum atomic E-state index is 13.7. The van der Waals surface area contributed by atoms with Gasteiger partial charge in [-0.3, -0.25) is 14.5 Å². The number of halogens is 2. The van der Waals surface area contributed by atoms with E-state index < -0.39 is 15.9 Å². The van der Waals surface area contributed by atoms with Crippen molar-refractivity contribution in [3.8, 4) is 5.75 Å². The van der Waals surface area contributed by atoms with Gasteiger partial charge >= 0.3 is 0 Å². The maximum absolute atomic E-state index is 13.7. The number of para-hydroxylation sites is 1. The van der Waals surface area contributed by atoms with Gasteiger partial charge in [0.1, 0.15) is 0 Å². The number of nitrogens with zero attached hydrogens (tertiary/aromatic N) is 3. The average molecular weight is 675 g/mol. The Bertz CT molecular complexity index is 1580. The van der Waals surface area contributed by atoms with Crippen LogP contribution >= 0.6 is 23.2 Å². The molecule has 3 aromatic rings. The molecule has 2 N–H and O–H groups in total. The third-order valence-corrected chi connectivity index (χ3v) is 10.5. The highest BCUT2D eigenvalue weighted by atomic mass is 35.5. The summed E-state index contributed by atoms with van der Waals surface area (Å²) in [5.74, 6) is 0.0864. The van der Waals surface area contributed by atoms with Crippen LogP contribution in [-0.2, 0) is 14.8 Å². The minimum absolute atomic E-state index is 0.0895. The number of nitrogens with one attached hydrogen (secondary N) is 2. The predicted molar refractivity (Wildman–Crippen MR) is 175 cm³/mol. The molecule has 2 aliphatic rings. The van der Waals surface area contributed by atoms with Crippen molar-refractivity contribution in [1.82, 2.24) is 20.4 Å². The number of piperazine rings is 1. The second-order valence-corrected chi connectivity index (χ2v) is 13.8. The lowest BCUT2D eigenvalue weighted by Crippen LogP contribution is -2.55. The van der Waals surface area contributed by atoms with Gasteiger partial charge in [0.05, 0.1) is 22.2 Å². The number of hydrogen-bond acceptors (Lipinski definition) is 7. The zero-order valence-electron chi connectivity index (χ0n) is 25.0. The summed E-state index contributed by atoms with van der Waals surface area (Å²) in [4.78, 5) is 35.6. The van der Waals surface area contributed by atoms with Crippen LogP contribution in [0.5, 0.6) is 5.75 Å². The lowest BCUT2D eigenvalue weighted by Gasteiger charge is -2.42. The van der Waals surface area contributed by atoms with Gasteiger partial charge in [-0.1, -0.05) is 45.9 Å². The first-order valence-electron chi connectivity index (χ1n) is 15.0. The first-order chi connectivity index (χ1) is 21.6. The van der Waals surface area contributed by atoms with E-state index in [2.05, 4.69) is 22.5 Å². The van der Waals surface area contributed by atoms with Gasteiger partial charge in [-0.25, -0.2) is 0 Å². The largest absolute Gasteiger partial charge is 0.363 e. The van der Waals surface area contributed by atoms with E-state index in [1.807, 2.05) is 0 Å². The number of piperidine rings is 1. The Morgan fingerprint density at radius 3 is 2.38 bits per heavy atom. The SMILES string of the molecule is CC(C1CCCNC1)N1CCN(C(=O)CNC(=O)c2ccc(S(=O)(=O)N(Oc3ccc(Cl)cc3Cl)c3ccccc3)cc2)CC1. The van der Waals surface area contributed by atoms with Gasteiger partial charge in [-0.05, 0) is 93.4 Å². The van der Waals surface area contributed by atoms with Crippen LogP contribution in [0.4, 0.5) is 5.69 Å². The molecule has 0 radical (unpaired) electrons. The van der Waals surface area contributed by atoms with Crippen LogP contribution in [0.2, 0.25) is 10.0 Å². The van der Waals surface area contributed by atoms with E-state index in [-0.39, 0.29) is 39.4 Å². The fourth-order valence-electron chi connectivity index (χ4n) is 5.64. The van der Waals surface area contributed by atoms with Crippen molar-refractivity contribution in [2.45, 2.75) is 30.7 Å². The van der Waals surface area contributed by atoms with Crippen LogP contribution in [0.1, 0.15) is 30.1 Å². The van der Waals surface area contributed by atoms with E-state index >= 15 is 0 Å². The van der Waals surface area contributed by atoms with Gasteiger partial charge in [0.15, 0.2) is 5.75 Å². The molecule has 2 fully saturated rings. The topological polar surface area (TPSA) is 111 Å². The van der Waals surface area contributed by atoms with Gasteiger partial charge in [-0.2, -0.15) is 8.42 Å². The van der Waals surface area contributed by atoms with Crippen molar-refractivity contribution in [2.24, 2.45) is 5.92 Å². The van der Waals surface area contributed by atoms with Gasteiger partial charge in [0.25, 0.3) is 15.9 Å². The zero-order valence-corrected chi connectivity index (χ0v) is 27.3. The summed E-state index contributed by atoms with van der Waals surface area (Å²) in [6, 6.07) is 18.6. The van der Waals surface area contributed by atoms with Crippen molar-refractivity contribution in [1.29, 1.82) is 0 Å². The summed E-state index contributed by atoms with van der Waals surface area (Å²) in [7, 11) is -4.26. The van der Waals surface area contributed by atoms with Crippen molar-refractivity contribution in [3.63, 3.8) is 0 Å². The van der Waals surface area contributed by atoms with Crippen molar-refractivity contribution in [3.05, 3.63) is 88.4 Å². The molecule has 5 rings (SSSR count). The molecule has 13 heteroatoms. The number of sulfonamides is 1. The van der Waals surface area contributed by atoms with E-state index in [9.17, 15) is 18.0 Å². The first-order valence-corrected chi connectivity index (χ1v) is 17.2. The van der Waals surface area contributed by atoms with Gasteiger partial charge in [-0.15, -0.1) is 0 Å². The highest BCUT2D eigenvalue weighted by Gasteiger charge is 2.30. The Morgan fingerprint density at radius 2 is 1.73 bits per heavy atom. The number of anilines is 1. The normalized spacial score (nSPS) is 18.2. The molecule has 2 amide bonds. The molecule has 0 aromatic heterocycles. The van der Waals surface area contributed by atoms with E-state index in [1.54, 1.807) is 35.2 Å². The number of carbonyl (C=O) groups is 2. The van der Waals surface area contributed by atoms with Crippen LogP contribution in [0.25, 0.3) is 0 Å². The standard InChI is InChI=1S/C32H37Cl2N5O5S/c1-23(25-6-5-15-35-21-25)37-16-18-38(19-17-37)31(40)22-36-32(41)24-9-12-28(13-10-24)45(42,43)39(27-7-3-2-4-8-27)44-30-14-11-26(33)20-29(30)34/h2-4,7-14,20,23,25,35H,5-6,15-19,21-22H2,1H3,(H,36,41). The first kappa shape index (κ1) is 33.0. The Kier molecular flexibility index (Phi) is 10.9. The lowest BCUT2D eigenvalue weighted by atomic mass is 9.91. The molecule has 0 saturated carbocycles. The Morgan fingerprint density at radius 1 is 1.02 bits per heavy atom. The van der Waals surface area contributed by atoms with Crippen molar-refractivity contribution in [2.75, 3.05) is 50.3 Å². The summed E-state index contributed by atoms with van der Waals surface area (Å²) in [5.41, 5.74) is 0.458. The van der Waals surface area contributed by atoms with Crippen LogP contribution in [0.15, 0.2) is 77.7 Å². The van der Waals surface area contributed by atoms with Crippen LogP contribution in [-0.4, -0.2) is 81.9 Å². The number of hydrogen-bond donors (Lipinski definition) is 2. The van der Waals surface area contributed by atoms with Crippen molar-refractivity contribution >= 4 is 50.7 Å². The monoisotopic (exact) mass is 673 g/mol. The molecular weight excluding hydrogens is 637 g/mol. The third-order valence-electron chi connectivity index (χ3n) is 8.34. The van der Waals surface area contributed by atoms with E-state index in [0.29, 0.717) is 30.1 Å². The molecule has 240 valence electrons. The number of amides is 2. The number of rotatable bonds is 10. The summed E-state index contributed by atoms with van der Waals surface area (Å²) in [5, 5.41) is 6.65. The second-order valence-electron chi connectivity index (χ2n) is 11.2. The fourth-order valence-corrected chi connectivity index (χ4v) is 7.33. The number of carbonyl (C=O) groups excluding carboxylic acids is 2. The molecule has 2 aliphatic heterocycles. The molecule has 45 heavy (non-hydrogen) atoms. The lowest BCUT2D eigenvalue weighted by molar-refractivity contribution is -0.132. The smallest absolute Gasteiger partial charge is 0.295 e. The Hall–Kier alpha value is -3.35. The zero-order chi connectivity index (χ0) is 32.0. The molecule has 2 heterocycles. The van der Waals surface area contributed by atoms with E-state index in [0.717, 1.165) is 30.6 Å². The van der Waals surface area contributed by atoms with Crippen LogP contribution in [0.3, 0.4) is 0 Å². The number of benzene rings is 3. The summed E-state index contributed by atoms with van der Waals surface area (Å²) >= 11 is 12.2. The van der Waals surface area contributed by atoms with Crippen LogP contribution in [0, 0.1) is 5.92 Å². The van der Waals surface area contributed by atoms with E-state index in [4.69, 9.17) is 28.0 Å².